The molecule has 0 N–H and O–H groups in total. The number of benzene rings is 2. The molecule has 0 aliphatic rings. The fraction of sp³-hybridized carbons (Fsp3) is 0.200. The monoisotopic (exact) mass is 463 g/mol. The molecule has 0 saturated heterocycles. The van der Waals surface area contributed by atoms with E-state index in [1.54, 1.807) is 24.3 Å². The summed E-state index contributed by atoms with van der Waals surface area (Å²) in [6.45, 7) is 0.562. The summed E-state index contributed by atoms with van der Waals surface area (Å²) in [5.74, 6) is -0.700. The average Bonchev–Trinajstić information content (AvgIpc) is 3.21. The van der Waals surface area contributed by atoms with Crippen LogP contribution >= 0.6 is 11.6 Å². The van der Waals surface area contributed by atoms with Crippen molar-refractivity contribution < 1.29 is 27.3 Å². The lowest BCUT2D eigenvalue weighted by atomic mass is 10.2. The number of hydrogen-bond donors (Lipinski definition) is 0. The van der Waals surface area contributed by atoms with E-state index in [0.717, 1.165) is 4.31 Å². The van der Waals surface area contributed by atoms with Crippen LogP contribution in [0.5, 0.6) is 0 Å². The molecular formula is C20H18ClN3O6S. The smallest absolute Gasteiger partial charge is 0.321 e. The Hall–Kier alpha value is -3.08. The first-order valence-electron chi connectivity index (χ1n) is 8.99. The highest BCUT2D eigenvalue weighted by atomic mass is 35.5. The summed E-state index contributed by atoms with van der Waals surface area (Å²) >= 11 is 6.08. The van der Waals surface area contributed by atoms with Crippen molar-refractivity contribution in [2.24, 2.45) is 0 Å². The molecular weight excluding hydrogens is 446 g/mol. The Balaban J connectivity index is 1.59. The zero-order valence-corrected chi connectivity index (χ0v) is 18.2. The lowest BCUT2D eigenvalue weighted by Gasteiger charge is -2.16. The van der Waals surface area contributed by atoms with Crippen molar-refractivity contribution in [2.75, 3.05) is 13.6 Å². The van der Waals surface area contributed by atoms with Crippen molar-refractivity contribution >= 4 is 33.4 Å². The molecule has 0 radical (unpaired) electrons. The zero-order valence-electron chi connectivity index (χ0n) is 16.6. The maximum atomic E-state index is 12.6. The summed E-state index contributed by atoms with van der Waals surface area (Å²) in [6.07, 6.45) is 0. The van der Waals surface area contributed by atoms with Gasteiger partial charge in [0, 0.05) is 12.6 Å². The molecule has 2 aromatic carbocycles. The van der Waals surface area contributed by atoms with Gasteiger partial charge in [-0.3, -0.25) is 9.59 Å². The van der Waals surface area contributed by atoms with Crippen LogP contribution in [0.4, 0.5) is 0 Å². The Kier molecular flexibility index (Phi) is 6.84. The van der Waals surface area contributed by atoms with Gasteiger partial charge in [0.2, 0.25) is 15.8 Å². The van der Waals surface area contributed by atoms with Crippen LogP contribution in [-0.2, 0) is 26.2 Å². The van der Waals surface area contributed by atoms with Gasteiger partial charge in [-0.25, -0.2) is 8.42 Å². The number of halogens is 1. The van der Waals surface area contributed by atoms with E-state index in [2.05, 4.69) is 10.1 Å². The number of carbonyl (C=O) groups excluding carboxylic acids is 2. The molecule has 31 heavy (non-hydrogen) atoms. The molecule has 3 aromatic rings. The van der Waals surface area contributed by atoms with E-state index in [-0.39, 0.29) is 29.0 Å². The molecule has 0 aliphatic heterocycles. The first-order valence-corrected chi connectivity index (χ1v) is 10.8. The number of Topliss-reactive ketones (excluding diaryl/α,β-unsaturated/α-hetero) is 1. The first kappa shape index (κ1) is 22.6. The SMILES string of the molecule is CC(=O)c1ccc(S(=O)(=O)N(C)CC(=O)OCc2noc(-c3ccccc3Cl)n2)cc1. The molecule has 0 amide bonds. The molecule has 0 fully saturated rings. The summed E-state index contributed by atoms with van der Waals surface area (Å²) < 4.78 is 36.2. The molecule has 0 unspecified atom stereocenters. The van der Waals surface area contributed by atoms with Gasteiger partial charge in [-0.15, -0.1) is 0 Å². The van der Waals surface area contributed by atoms with Crippen molar-refractivity contribution in [2.45, 2.75) is 18.4 Å². The van der Waals surface area contributed by atoms with E-state index in [1.807, 2.05) is 0 Å². The van der Waals surface area contributed by atoms with Gasteiger partial charge >= 0.3 is 5.97 Å². The number of esters is 1. The van der Waals surface area contributed by atoms with Crippen molar-refractivity contribution in [1.29, 1.82) is 0 Å². The van der Waals surface area contributed by atoms with E-state index in [4.69, 9.17) is 20.9 Å². The van der Waals surface area contributed by atoms with Crippen LogP contribution in [-0.4, -0.2) is 48.2 Å². The third-order valence-corrected chi connectivity index (χ3v) is 6.40. The van der Waals surface area contributed by atoms with Crippen molar-refractivity contribution in [3.63, 3.8) is 0 Å². The third kappa shape index (κ3) is 5.35. The molecule has 1 heterocycles. The zero-order chi connectivity index (χ0) is 22.6. The molecule has 3 rings (SSSR count). The minimum atomic E-state index is -3.94. The van der Waals surface area contributed by atoms with Gasteiger partial charge in [0.1, 0.15) is 6.54 Å². The summed E-state index contributed by atoms with van der Waals surface area (Å²) in [7, 11) is -2.69. The molecule has 1 aromatic heterocycles. The lowest BCUT2D eigenvalue weighted by molar-refractivity contribution is -0.145. The number of aromatic nitrogens is 2. The third-order valence-electron chi connectivity index (χ3n) is 4.26. The van der Waals surface area contributed by atoms with Crippen LogP contribution in [0, 0.1) is 0 Å². The van der Waals surface area contributed by atoms with Crippen molar-refractivity contribution in [3.05, 3.63) is 64.9 Å². The van der Waals surface area contributed by atoms with Crippen LogP contribution in [0.25, 0.3) is 11.5 Å². The Morgan fingerprint density at radius 1 is 1.13 bits per heavy atom. The molecule has 0 aliphatic carbocycles. The Morgan fingerprint density at radius 3 is 2.45 bits per heavy atom. The van der Waals surface area contributed by atoms with Crippen LogP contribution in [0.1, 0.15) is 23.1 Å². The lowest BCUT2D eigenvalue weighted by Crippen LogP contribution is -2.33. The maximum Gasteiger partial charge on any atom is 0.321 e. The molecule has 162 valence electrons. The van der Waals surface area contributed by atoms with Crippen LogP contribution in [0.2, 0.25) is 5.02 Å². The second kappa shape index (κ2) is 9.38. The number of hydrogen-bond acceptors (Lipinski definition) is 8. The van der Waals surface area contributed by atoms with E-state index in [1.165, 1.54) is 38.2 Å². The Bertz CT molecular complexity index is 1210. The second-order valence-electron chi connectivity index (χ2n) is 6.50. The molecule has 0 spiro atoms. The van der Waals surface area contributed by atoms with Gasteiger partial charge in [-0.2, -0.15) is 9.29 Å². The quantitative estimate of drug-likeness (QED) is 0.369. The highest BCUT2D eigenvalue weighted by molar-refractivity contribution is 7.89. The molecule has 9 nitrogen and oxygen atoms in total. The van der Waals surface area contributed by atoms with Crippen molar-refractivity contribution in [1.82, 2.24) is 14.4 Å². The topological polar surface area (TPSA) is 120 Å². The number of sulfonamides is 1. The highest BCUT2D eigenvalue weighted by Gasteiger charge is 2.24. The Morgan fingerprint density at radius 2 is 1.81 bits per heavy atom. The van der Waals surface area contributed by atoms with E-state index in [0.29, 0.717) is 16.1 Å². The Labute approximate surface area is 183 Å². The number of rotatable bonds is 8. The first-order chi connectivity index (χ1) is 14.7. The van der Waals surface area contributed by atoms with Crippen LogP contribution < -0.4 is 0 Å². The molecule has 11 heteroatoms. The van der Waals surface area contributed by atoms with Crippen molar-refractivity contribution in [3.8, 4) is 11.5 Å². The maximum absolute atomic E-state index is 12.6. The van der Waals surface area contributed by atoms with Gasteiger partial charge in [0.05, 0.1) is 15.5 Å². The number of ketones is 1. The number of ether oxygens (including phenoxy) is 1. The summed E-state index contributed by atoms with van der Waals surface area (Å²) in [6, 6.07) is 12.3. The van der Waals surface area contributed by atoms with Gasteiger partial charge in [0.25, 0.3) is 5.89 Å². The van der Waals surface area contributed by atoms with E-state index < -0.39 is 22.5 Å². The minimum absolute atomic E-state index is 0.0460. The van der Waals surface area contributed by atoms with Gasteiger partial charge in [-0.05, 0) is 31.2 Å². The second-order valence-corrected chi connectivity index (χ2v) is 8.95. The number of carbonyl (C=O) groups is 2. The summed E-state index contributed by atoms with van der Waals surface area (Å²) in [5, 5.41) is 4.15. The highest BCUT2D eigenvalue weighted by Crippen LogP contribution is 2.25. The molecule has 0 bridgehead atoms. The molecule has 0 atom stereocenters. The normalized spacial score (nSPS) is 11.5. The van der Waals surface area contributed by atoms with Crippen LogP contribution in [0.15, 0.2) is 57.9 Å². The minimum Gasteiger partial charge on any atom is -0.456 e. The number of likely N-dealkylation sites (N-methyl/N-ethyl adjacent to an activating group) is 1. The van der Waals surface area contributed by atoms with Crippen LogP contribution in [0.3, 0.4) is 0 Å². The number of nitrogens with zero attached hydrogens (tertiary/aromatic N) is 3. The predicted octanol–water partition coefficient (Wildman–Crippen LogP) is 2.96. The van der Waals surface area contributed by atoms with Gasteiger partial charge in [0.15, 0.2) is 12.4 Å². The van der Waals surface area contributed by atoms with E-state index >= 15 is 0 Å². The average molecular weight is 464 g/mol. The molecule has 0 saturated carbocycles. The van der Waals surface area contributed by atoms with E-state index in [9.17, 15) is 18.0 Å². The standard InChI is InChI=1S/C20H18ClN3O6S/c1-13(25)14-7-9-15(10-8-14)31(27,28)24(2)11-19(26)29-12-18-22-20(30-23-18)16-5-3-4-6-17(16)21/h3-10H,11-12H2,1-2H3. The fourth-order valence-corrected chi connectivity index (χ4v) is 3.89. The fourth-order valence-electron chi connectivity index (χ4n) is 2.56. The largest absolute Gasteiger partial charge is 0.456 e. The summed E-state index contributed by atoms with van der Waals surface area (Å²) in [4.78, 5) is 27.5. The predicted molar refractivity (Wildman–Crippen MR) is 111 cm³/mol. The van der Waals surface area contributed by atoms with Gasteiger partial charge < -0.3 is 9.26 Å². The summed E-state index contributed by atoms with van der Waals surface area (Å²) in [5.41, 5.74) is 0.924. The van der Waals surface area contributed by atoms with Gasteiger partial charge in [-0.1, -0.05) is 41.0 Å².